The van der Waals surface area contributed by atoms with E-state index in [4.69, 9.17) is 4.74 Å². The average molecular weight is 1860 g/mol. The molecule has 26 heteroatoms. The number of piperidine rings is 1. The number of aldehydes is 3. The number of ether oxygens (including phenoxy) is 1. The van der Waals surface area contributed by atoms with Gasteiger partial charge in [-0.05, 0) is 173 Å². The molecule has 0 unspecified atom stereocenters. The van der Waals surface area contributed by atoms with E-state index in [1.807, 2.05) is 260 Å². The fourth-order valence-corrected chi connectivity index (χ4v) is 18.1. The van der Waals surface area contributed by atoms with E-state index in [9.17, 15) is 71.9 Å². The highest BCUT2D eigenvalue weighted by Crippen LogP contribution is 2.30. The van der Waals surface area contributed by atoms with E-state index in [-0.39, 0.29) is 128 Å². The summed E-state index contributed by atoms with van der Waals surface area (Å²) < 4.78 is 5.42. The van der Waals surface area contributed by atoms with Crippen LogP contribution in [0.15, 0.2) is 231 Å². The highest BCUT2D eigenvalue weighted by Gasteiger charge is 2.37. The normalized spacial score (nSPS) is 16.8. The van der Waals surface area contributed by atoms with Crippen LogP contribution >= 0.6 is 0 Å². The van der Waals surface area contributed by atoms with Crippen LogP contribution in [0.25, 0.3) is 32.3 Å². The first-order valence-corrected chi connectivity index (χ1v) is 48.4. The van der Waals surface area contributed by atoms with Gasteiger partial charge in [-0.3, -0.25) is 57.5 Å². The number of benzene rings is 9. The Hall–Kier alpha value is -13.7. The minimum absolute atomic E-state index is 0.0275. The average Bonchev–Trinajstić information content (AvgIpc) is 0.820. The Morgan fingerprint density at radius 3 is 1.16 bits per heavy atom. The largest absolute Gasteiger partial charge is 0.445 e. The van der Waals surface area contributed by atoms with E-state index in [0.29, 0.717) is 76.9 Å². The number of amides is 10. The number of alkyl carbamates (subject to hydrolysis) is 1. The lowest BCUT2D eigenvalue weighted by atomic mass is 9.83. The second kappa shape index (κ2) is 55.4. The van der Waals surface area contributed by atoms with Gasteiger partial charge in [0, 0.05) is 74.9 Å². The zero-order chi connectivity index (χ0) is 98.0. The molecule has 0 aromatic heterocycles. The fourth-order valence-electron chi connectivity index (χ4n) is 18.1. The van der Waals surface area contributed by atoms with E-state index in [1.165, 1.54) is 6.08 Å². The fraction of sp³-hybridized carbons (Fsp3) is 0.414. The van der Waals surface area contributed by atoms with Crippen molar-refractivity contribution in [2.45, 2.75) is 250 Å². The second-order valence-corrected chi connectivity index (χ2v) is 37.4. The van der Waals surface area contributed by atoms with Crippen molar-refractivity contribution in [2.75, 3.05) is 6.54 Å². The van der Waals surface area contributed by atoms with E-state index in [1.54, 1.807) is 6.08 Å². The Bertz CT molecular complexity index is 5560. The number of nitrogens with one attached hydrogen (secondary N) is 10. The molecule has 137 heavy (non-hydrogen) atoms. The van der Waals surface area contributed by atoms with Crippen LogP contribution in [0.4, 0.5) is 4.79 Å². The summed E-state index contributed by atoms with van der Waals surface area (Å²) >= 11 is 0. The van der Waals surface area contributed by atoms with Gasteiger partial charge in [-0.2, -0.15) is 0 Å². The Labute approximate surface area is 803 Å². The van der Waals surface area contributed by atoms with Crippen molar-refractivity contribution in [3.63, 3.8) is 0 Å². The number of hydrogen-bond donors (Lipinski definition) is 10. The van der Waals surface area contributed by atoms with Crippen LogP contribution in [-0.4, -0.2) is 151 Å². The van der Waals surface area contributed by atoms with Crippen molar-refractivity contribution in [1.82, 2.24) is 53.2 Å². The predicted octanol–water partition coefficient (Wildman–Crippen LogP) is 14.1. The molecular weight excluding hydrogens is 1730 g/mol. The summed E-state index contributed by atoms with van der Waals surface area (Å²) in [6, 6.07) is 61.5. The summed E-state index contributed by atoms with van der Waals surface area (Å²) in [5.41, 5.74) is 5.11. The van der Waals surface area contributed by atoms with Crippen LogP contribution < -0.4 is 53.2 Å². The molecular formula is C111H134N10O16. The summed E-state index contributed by atoms with van der Waals surface area (Å²) in [4.78, 5) is 194. The molecule has 2 saturated carbocycles. The van der Waals surface area contributed by atoms with Crippen molar-refractivity contribution >= 4 is 122 Å². The zero-order valence-electron chi connectivity index (χ0n) is 79.5. The summed E-state index contributed by atoms with van der Waals surface area (Å²) in [7, 11) is 0. The number of fused-ring (bicyclic) bond motifs is 3. The smallest absolute Gasteiger partial charge is 0.408 e. The molecule has 12 atom stereocenters. The Morgan fingerprint density at radius 1 is 0.380 bits per heavy atom. The van der Waals surface area contributed by atoms with Gasteiger partial charge in [0.05, 0.1) is 18.9 Å². The molecule has 1 saturated heterocycles. The molecule has 12 rings (SSSR count). The lowest BCUT2D eigenvalue weighted by Gasteiger charge is -2.29. The predicted molar refractivity (Wildman–Crippen MR) is 531 cm³/mol. The molecule has 9 aromatic rings. The lowest BCUT2D eigenvalue weighted by Crippen LogP contribution is -2.56. The van der Waals surface area contributed by atoms with Crippen molar-refractivity contribution in [2.24, 2.45) is 35.5 Å². The van der Waals surface area contributed by atoms with Gasteiger partial charge in [0.2, 0.25) is 53.2 Å². The van der Waals surface area contributed by atoms with Crippen LogP contribution in [0.1, 0.15) is 190 Å². The van der Waals surface area contributed by atoms with E-state index < -0.39 is 84.0 Å². The topological polar surface area (TPSA) is 386 Å². The summed E-state index contributed by atoms with van der Waals surface area (Å²) in [6.45, 7) is 12.4. The van der Waals surface area contributed by atoms with Crippen LogP contribution in [-0.2, 0) is 111 Å². The number of ketones is 2. The lowest BCUT2D eigenvalue weighted by molar-refractivity contribution is -0.132. The van der Waals surface area contributed by atoms with Gasteiger partial charge in [-0.15, -0.1) is 0 Å². The third kappa shape index (κ3) is 34.9. The molecule has 10 amide bonds. The zero-order valence-corrected chi connectivity index (χ0v) is 79.5. The molecule has 10 N–H and O–H groups in total. The third-order valence-corrected chi connectivity index (χ3v) is 25.1. The first-order chi connectivity index (χ1) is 66.2. The molecule has 0 spiro atoms. The third-order valence-electron chi connectivity index (χ3n) is 25.1. The monoisotopic (exact) mass is 1860 g/mol. The molecule has 1 heterocycles. The first-order valence-electron chi connectivity index (χ1n) is 48.4. The maximum Gasteiger partial charge on any atom is 0.408 e. The summed E-state index contributed by atoms with van der Waals surface area (Å²) in [5, 5.41) is 34.8. The maximum atomic E-state index is 14.0. The molecule has 2 aliphatic carbocycles. The number of allylic oxidation sites excluding steroid dienone is 1. The highest BCUT2D eigenvalue weighted by atomic mass is 16.5. The Kier molecular flexibility index (Phi) is 42.6. The van der Waals surface area contributed by atoms with Crippen molar-refractivity contribution in [3.05, 3.63) is 264 Å². The second-order valence-electron chi connectivity index (χ2n) is 37.4. The van der Waals surface area contributed by atoms with Gasteiger partial charge in [0.1, 0.15) is 73.3 Å². The van der Waals surface area contributed by atoms with Crippen molar-refractivity contribution in [1.29, 1.82) is 0 Å². The molecule has 724 valence electrons. The van der Waals surface area contributed by atoms with Gasteiger partial charge in [-0.25, -0.2) is 4.79 Å². The maximum absolute atomic E-state index is 14.0. The number of carbonyl (C=O) groups excluding carboxylic acids is 15. The molecule has 9 aromatic carbocycles. The van der Waals surface area contributed by atoms with Gasteiger partial charge in [0.15, 0.2) is 0 Å². The van der Waals surface area contributed by atoms with E-state index in [2.05, 4.69) is 53.2 Å². The molecule has 1 aliphatic heterocycles. The Balaban J connectivity index is 0.000000212. The van der Waals surface area contributed by atoms with Gasteiger partial charge in [-0.1, -0.05) is 279 Å². The van der Waals surface area contributed by atoms with E-state index >= 15 is 0 Å². The SMILES string of the molecule is CC(C)C[C@H](NC(=O)[C@@H](Cc1cccc2ccccc12)NC(=O)OCc1ccccc1)C(=O)N[C@H](C=O)C[C@@H]1CCCNC1=O.CC(C)C[C@H](NC(=O)[C@H](Cc1cccc2ccccc12)NC(=O)Cc1ccccc1)C(=O)N[C@H](/C=C/C=O)C[C@@H]1CCCCC1=O.CC(C)C[C@H](NC(=O)[C@H](Cc1cccc2ccccc12)NC(=O)Cc1ccccc1)C(=O)N[C@H](CCC=O)C[C@@H]1CCCCC1=O. The van der Waals surface area contributed by atoms with E-state index in [0.717, 1.165) is 117 Å². The van der Waals surface area contributed by atoms with Crippen LogP contribution in [0.3, 0.4) is 0 Å². The quantitative estimate of drug-likeness (QED) is 0.0125. The standard InChI is InChI=1S/C38H47N3O5.C38H45N3O5.C35H42N4O6/c2*1-26(2)22-33(37(45)39-31(18-11-21-42)24-30-15-7-9-20-35(30)43)41-38(46)34(40-36(44)23-27-12-4-3-5-13-27)25-29-17-10-16-28-14-6-8-19-32(28)29;1-23(2)18-30(33(42)37-28(21-40)19-27-15-9-17-36-32(27)41)38-34(43)31(39-35(44)45-22-24-10-4-3-5-11-24)20-26-14-8-13-25-12-6-7-16-29(25)26/h3-6,8,10,12-14,16-17,19,21,26,30-31,33-34H,7,9,11,15,18,20,22-25H2,1-2H3,(H,39,45)(H,40,44)(H,41,46);3-6,8,10-14,16-19,21,26,30-31,33-34H,7,9,15,20,22-25H2,1-2H3,(H,39,45)(H,40,44)(H,41,46);3-8,10-14,16,21,23,27-28,30-31H,9,15,17-20,22H2,1-2H3,(H,36,41)(H,37,42)(H,38,43)(H,39,44)/b;18-11+;/t2*30-,31+,33-,34-;27-,28-,30-,31+/m000/s1. The minimum Gasteiger partial charge on any atom is -0.445 e. The van der Waals surface area contributed by atoms with Crippen LogP contribution in [0.5, 0.6) is 0 Å². The molecule has 3 fully saturated rings. The highest BCUT2D eigenvalue weighted by molar-refractivity contribution is 5.97. The van der Waals surface area contributed by atoms with Gasteiger partial charge >= 0.3 is 6.09 Å². The van der Waals surface area contributed by atoms with Gasteiger partial charge < -0.3 is 67.5 Å². The number of Topliss-reactive ketones (excluding diaryl/α,β-unsaturated/α-hetero) is 2. The molecule has 0 bridgehead atoms. The van der Waals surface area contributed by atoms with Gasteiger partial charge in [0.25, 0.3) is 0 Å². The summed E-state index contributed by atoms with van der Waals surface area (Å²) in [5.74, 6) is -3.55. The van der Waals surface area contributed by atoms with Crippen LogP contribution in [0, 0.1) is 35.5 Å². The number of carbonyl (C=O) groups is 15. The summed E-state index contributed by atoms with van der Waals surface area (Å²) in [6.07, 6.45) is 15.7. The number of hydrogen-bond acceptors (Lipinski definition) is 16. The minimum atomic E-state index is -1.06. The first kappa shape index (κ1) is 105. The molecule has 3 aliphatic rings. The van der Waals surface area contributed by atoms with Crippen molar-refractivity contribution in [3.8, 4) is 0 Å². The molecule has 0 radical (unpaired) electrons. The number of rotatable bonds is 45. The Morgan fingerprint density at radius 2 is 0.752 bits per heavy atom. The van der Waals surface area contributed by atoms with Crippen LogP contribution in [0.2, 0.25) is 0 Å². The van der Waals surface area contributed by atoms with Crippen molar-refractivity contribution < 1.29 is 76.7 Å². The molecule has 26 nitrogen and oxygen atoms in total.